The molecule has 0 bridgehead atoms. The minimum atomic E-state index is -0.406. The summed E-state index contributed by atoms with van der Waals surface area (Å²) in [5, 5.41) is 27.7. The number of aliphatic hydroxyl groups excluding tert-OH is 2. The van der Waals surface area contributed by atoms with Crippen molar-refractivity contribution in [1.82, 2.24) is 20.0 Å². The molecule has 0 aliphatic carbocycles. The Morgan fingerprint density at radius 3 is 2.88 bits per heavy atom. The smallest absolute Gasteiger partial charge is 0.0648 e. The number of benzene rings is 1. The van der Waals surface area contributed by atoms with E-state index in [0.717, 1.165) is 18.8 Å². The summed E-state index contributed by atoms with van der Waals surface area (Å²) in [6, 6.07) is 10.5. The van der Waals surface area contributed by atoms with Crippen molar-refractivity contribution in [2.45, 2.75) is 18.0 Å². The second-order valence-corrected chi connectivity index (χ2v) is 7.45. The lowest BCUT2D eigenvalue weighted by molar-refractivity contribution is 0.0993. The molecule has 6 heteroatoms. The summed E-state index contributed by atoms with van der Waals surface area (Å²) in [6.45, 7) is 2.09. The lowest BCUT2D eigenvalue weighted by atomic mass is 9.79. The Hall–Kier alpha value is -1.73. The highest BCUT2D eigenvalue weighted by Crippen LogP contribution is 2.48. The van der Waals surface area contributed by atoms with Gasteiger partial charge in [-0.25, -0.2) is 4.68 Å². The van der Waals surface area contributed by atoms with Gasteiger partial charge < -0.3 is 20.4 Å². The number of likely N-dealkylation sites (tertiary alicyclic amines) is 1. The van der Waals surface area contributed by atoms with Crippen molar-refractivity contribution in [1.29, 1.82) is 0 Å². The summed E-state index contributed by atoms with van der Waals surface area (Å²) >= 11 is 0. The van der Waals surface area contributed by atoms with Gasteiger partial charge in [-0.1, -0.05) is 12.1 Å². The maximum absolute atomic E-state index is 10.1. The molecule has 2 aromatic rings. The molecule has 0 radical (unpaired) electrons. The van der Waals surface area contributed by atoms with Crippen LogP contribution < -0.4 is 5.32 Å². The molecular weight excluding hydrogens is 316 g/mol. The SMILES string of the molecule is CN1C[C@H]2[C@@H](C1)[C@](CO)(CCO)N[C@H]2c1cccc(-n2cccn2)c1. The van der Waals surface area contributed by atoms with E-state index < -0.39 is 5.54 Å². The number of aliphatic hydroxyl groups is 2. The van der Waals surface area contributed by atoms with Crippen LogP contribution >= 0.6 is 0 Å². The number of hydrogen-bond acceptors (Lipinski definition) is 5. The average molecular weight is 342 g/mol. The molecule has 0 amide bonds. The number of nitrogens with one attached hydrogen (secondary N) is 1. The number of rotatable bonds is 5. The molecule has 6 nitrogen and oxygen atoms in total. The monoisotopic (exact) mass is 342 g/mol. The zero-order valence-electron chi connectivity index (χ0n) is 14.5. The first kappa shape index (κ1) is 16.7. The topological polar surface area (TPSA) is 73.6 Å². The number of aromatic nitrogens is 2. The van der Waals surface area contributed by atoms with E-state index in [1.54, 1.807) is 6.20 Å². The highest BCUT2D eigenvalue weighted by atomic mass is 16.3. The Bertz CT molecular complexity index is 720. The minimum Gasteiger partial charge on any atom is -0.396 e. The van der Waals surface area contributed by atoms with Gasteiger partial charge in [-0.05, 0) is 49.1 Å². The van der Waals surface area contributed by atoms with Crippen LogP contribution in [0.1, 0.15) is 18.0 Å². The lowest BCUT2D eigenvalue weighted by Crippen LogP contribution is -2.51. The van der Waals surface area contributed by atoms with Gasteiger partial charge in [0.05, 0.1) is 12.3 Å². The van der Waals surface area contributed by atoms with E-state index in [1.165, 1.54) is 5.56 Å². The van der Waals surface area contributed by atoms with Gasteiger partial charge in [0.2, 0.25) is 0 Å². The molecule has 2 aliphatic rings. The number of fused-ring (bicyclic) bond motifs is 1. The zero-order chi connectivity index (χ0) is 17.4. The molecule has 25 heavy (non-hydrogen) atoms. The van der Waals surface area contributed by atoms with Crippen LogP contribution in [-0.4, -0.2) is 63.8 Å². The Morgan fingerprint density at radius 2 is 2.16 bits per heavy atom. The summed E-state index contributed by atoms with van der Waals surface area (Å²) in [5.41, 5.74) is 1.85. The normalized spacial score (nSPS) is 32.2. The second-order valence-electron chi connectivity index (χ2n) is 7.45. The van der Waals surface area contributed by atoms with Crippen LogP contribution in [0.25, 0.3) is 5.69 Å². The van der Waals surface area contributed by atoms with E-state index >= 15 is 0 Å². The summed E-state index contributed by atoms with van der Waals surface area (Å²) in [4.78, 5) is 2.34. The molecule has 134 valence electrons. The van der Waals surface area contributed by atoms with Gasteiger partial charge in [-0.3, -0.25) is 0 Å². The van der Waals surface area contributed by atoms with E-state index in [-0.39, 0.29) is 19.3 Å². The fourth-order valence-corrected chi connectivity index (χ4v) is 4.79. The van der Waals surface area contributed by atoms with Crippen LogP contribution in [0.15, 0.2) is 42.7 Å². The van der Waals surface area contributed by atoms with Crippen molar-refractivity contribution in [3.8, 4) is 5.69 Å². The van der Waals surface area contributed by atoms with E-state index in [1.807, 2.05) is 16.9 Å². The van der Waals surface area contributed by atoms with Gasteiger partial charge in [0.15, 0.2) is 0 Å². The molecule has 0 saturated carbocycles. The van der Waals surface area contributed by atoms with E-state index in [0.29, 0.717) is 18.3 Å². The van der Waals surface area contributed by atoms with E-state index in [9.17, 15) is 10.2 Å². The number of hydrogen-bond donors (Lipinski definition) is 3. The molecule has 0 unspecified atom stereocenters. The standard InChI is InChI=1S/C19H26N4O2/c1-22-11-16-17(12-22)19(13-25,6-9-24)21-18(16)14-4-2-5-15(10-14)23-8-3-7-20-23/h2-5,7-8,10,16-18,21,24-25H,6,9,11-13H2,1H3/t16-,17+,18-,19+/m0/s1. The van der Waals surface area contributed by atoms with Gasteiger partial charge in [0.25, 0.3) is 0 Å². The van der Waals surface area contributed by atoms with Crippen LogP contribution in [0.4, 0.5) is 0 Å². The highest BCUT2D eigenvalue weighted by Gasteiger charge is 2.55. The Balaban J connectivity index is 1.69. The summed E-state index contributed by atoms with van der Waals surface area (Å²) in [5.74, 6) is 0.768. The maximum atomic E-state index is 10.1. The van der Waals surface area contributed by atoms with Gasteiger partial charge in [-0.2, -0.15) is 5.10 Å². The quantitative estimate of drug-likeness (QED) is 0.750. The van der Waals surface area contributed by atoms with Gasteiger partial charge in [-0.15, -0.1) is 0 Å². The molecule has 2 aliphatic heterocycles. The molecule has 2 saturated heterocycles. The predicted octanol–water partition coefficient (Wildman–Crippen LogP) is 0.808. The molecule has 1 aromatic carbocycles. The molecule has 0 spiro atoms. The molecule has 1 aromatic heterocycles. The lowest BCUT2D eigenvalue weighted by Gasteiger charge is -2.33. The summed E-state index contributed by atoms with van der Waals surface area (Å²) < 4.78 is 1.86. The first-order chi connectivity index (χ1) is 12.2. The molecule has 2 fully saturated rings. The Morgan fingerprint density at radius 1 is 1.28 bits per heavy atom. The van der Waals surface area contributed by atoms with Crippen molar-refractivity contribution in [2.75, 3.05) is 33.4 Å². The zero-order valence-corrected chi connectivity index (χ0v) is 14.5. The first-order valence-corrected chi connectivity index (χ1v) is 8.95. The Labute approximate surface area is 148 Å². The van der Waals surface area contributed by atoms with Gasteiger partial charge >= 0.3 is 0 Å². The Kier molecular flexibility index (Phi) is 4.37. The molecular formula is C19H26N4O2. The minimum absolute atomic E-state index is 0.0535. The molecule has 3 N–H and O–H groups in total. The first-order valence-electron chi connectivity index (χ1n) is 8.95. The van der Waals surface area contributed by atoms with Crippen LogP contribution in [0.5, 0.6) is 0 Å². The van der Waals surface area contributed by atoms with Crippen LogP contribution in [0, 0.1) is 11.8 Å². The van der Waals surface area contributed by atoms with Crippen molar-refractivity contribution in [3.63, 3.8) is 0 Å². The molecule has 4 rings (SSSR count). The molecule has 4 atom stereocenters. The predicted molar refractivity (Wildman–Crippen MR) is 95.4 cm³/mol. The third kappa shape index (κ3) is 2.79. The van der Waals surface area contributed by atoms with Crippen LogP contribution in [-0.2, 0) is 0 Å². The van der Waals surface area contributed by atoms with E-state index in [4.69, 9.17) is 0 Å². The van der Waals surface area contributed by atoms with Crippen LogP contribution in [0.2, 0.25) is 0 Å². The second kappa shape index (κ2) is 6.53. The fourth-order valence-electron chi connectivity index (χ4n) is 4.79. The third-order valence-electron chi connectivity index (χ3n) is 5.97. The van der Waals surface area contributed by atoms with Crippen molar-refractivity contribution < 1.29 is 10.2 Å². The van der Waals surface area contributed by atoms with Gasteiger partial charge in [0.1, 0.15) is 0 Å². The third-order valence-corrected chi connectivity index (χ3v) is 5.97. The maximum Gasteiger partial charge on any atom is 0.0648 e. The summed E-state index contributed by atoms with van der Waals surface area (Å²) in [7, 11) is 2.14. The molecule has 3 heterocycles. The van der Waals surface area contributed by atoms with Crippen molar-refractivity contribution in [3.05, 3.63) is 48.3 Å². The van der Waals surface area contributed by atoms with Crippen molar-refractivity contribution >= 4 is 0 Å². The highest BCUT2D eigenvalue weighted by molar-refractivity contribution is 5.38. The largest absolute Gasteiger partial charge is 0.396 e. The average Bonchev–Trinajstić information content (AvgIpc) is 3.33. The van der Waals surface area contributed by atoms with Gasteiger partial charge in [0, 0.05) is 43.7 Å². The van der Waals surface area contributed by atoms with Crippen LogP contribution in [0.3, 0.4) is 0 Å². The fraction of sp³-hybridized carbons (Fsp3) is 0.526. The van der Waals surface area contributed by atoms with E-state index in [2.05, 4.69) is 46.6 Å². The summed E-state index contributed by atoms with van der Waals surface area (Å²) in [6.07, 6.45) is 4.30. The number of nitrogens with zero attached hydrogens (tertiary/aromatic N) is 3. The van der Waals surface area contributed by atoms with Crippen molar-refractivity contribution in [2.24, 2.45) is 11.8 Å².